The molecule has 4 rings (SSSR count). The number of carbonyl (C=O) groups is 2. The van der Waals surface area contributed by atoms with Crippen molar-refractivity contribution in [3.05, 3.63) is 60.2 Å². The Bertz CT molecular complexity index is 1120. The summed E-state index contributed by atoms with van der Waals surface area (Å²) in [5.74, 6) is -1.22. The van der Waals surface area contributed by atoms with Gasteiger partial charge < -0.3 is 15.2 Å². The average molecular weight is 481 g/mol. The van der Waals surface area contributed by atoms with E-state index >= 15 is 0 Å². The molecule has 7 atom stereocenters. The Labute approximate surface area is 205 Å². The number of allylic oxidation sites excluding steroid dienone is 1. The number of aliphatic hydroxyl groups is 1. The fourth-order valence-electron chi connectivity index (χ4n) is 5.73. The molecule has 1 aromatic carbocycles. The summed E-state index contributed by atoms with van der Waals surface area (Å²) in [4.78, 5) is 31.0. The zero-order chi connectivity index (χ0) is 25.3. The topological polar surface area (TPSA) is 88.5 Å². The monoisotopic (exact) mass is 480 g/mol. The van der Waals surface area contributed by atoms with Crippen molar-refractivity contribution in [3.8, 4) is 11.1 Å². The van der Waals surface area contributed by atoms with Crippen LogP contribution >= 0.6 is 0 Å². The number of hydrogen-bond acceptors (Lipinski definition) is 5. The summed E-state index contributed by atoms with van der Waals surface area (Å²) in [7, 11) is 0. The van der Waals surface area contributed by atoms with E-state index in [0.717, 1.165) is 16.8 Å². The molecular weight excluding hydrogens is 447 g/mol. The van der Waals surface area contributed by atoms with E-state index < -0.39 is 23.5 Å². The summed E-state index contributed by atoms with van der Waals surface area (Å²) in [6.45, 7) is 7.56. The second-order valence-corrected chi connectivity index (χ2v) is 10.1. The fraction of sp³-hybridized carbons (Fsp3) is 0.464. The Morgan fingerprint density at radius 2 is 2.06 bits per heavy atom. The van der Waals surface area contributed by atoms with Gasteiger partial charge in [0.15, 0.2) is 5.41 Å². The summed E-state index contributed by atoms with van der Waals surface area (Å²) in [5, 5.41) is 12.2. The minimum atomic E-state index is -1.28. The Balaban J connectivity index is 1.63. The first-order valence-corrected chi connectivity index (χ1v) is 12.2. The number of carbonyl (C=O) groups excluding carboxylic acids is 2. The molecule has 1 aliphatic heterocycles. The first-order chi connectivity index (χ1) is 16.7. The van der Waals surface area contributed by atoms with E-state index in [9.17, 15) is 19.1 Å². The number of aliphatic hydroxyl groups excluding tert-OH is 1. The number of fused-ring (bicyclic) bond motifs is 1. The first kappa shape index (κ1) is 25.0. The SMILES string of the molecule is CC1C[C@@]2(C(=O)N[C@H](C)CO)C(=O)OC(C)C2C(/C=C/c2ccc(-c3cccc(F)c3)cn2)C1C. The molecule has 186 valence electrons. The highest BCUT2D eigenvalue weighted by Gasteiger charge is 2.66. The maximum atomic E-state index is 13.6. The van der Waals surface area contributed by atoms with Crippen LogP contribution in [-0.2, 0) is 14.3 Å². The second-order valence-electron chi connectivity index (χ2n) is 10.1. The smallest absolute Gasteiger partial charge is 0.322 e. The molecule has 35 heavy (non-hydrogen) atoms. The molecule has 2 N–H and O–H groups in total. The summed E-state index contributed by atoms with van der Waals surface area (Å²) in [5.41, 5.74) is 1.03. The van der Waals surface area contributed by atoms with E-state index in [1.807, 2.05) is 37.3 Å². The quantitative estimate of drug-likeness (QED) is 0.477. The predicted octanol–water partition coefficient (Wildman–Crippen LogP) is 4.24. The Hall–Kier alpha value is -3.06. The van der Waals surface area contributed by atoms with Gasteiger partial charge in [-0.2, -0.15) is 0 Å². The molecule has 0 bridgehead atoms. The fourth-order valence-corrected chi connectivity index (χ4v) is 5.73. The molecule has 0 radical (unpaired) electrons. The standard InChI is InChI=1S/C28H33FN2O4/c1-16-13-28(26(33)31-17(2)15-32)25(19(4)35-27(28)34)24(18(16)3)11-10-23-9-8-21(14-30-23)20-6-5-7-22(29)12-20/h5-12,14,16-19,24-25,32H,13,15H2,1-4H3,(H,31,33)/b11-10+/t16?,17-,18?,19?,24?,25?,28-/m1/s1. The van der Waals surface area contributed by atoms with Crippen LogP contribution in [0, 0.1) is 34.9 Å². The van der Waals surface area contributed by atoms with Gasteiger partial charge >= 0.3 is 5.97 Å². The number of benzene rings is 1. The van der Waals surface area contributed by atoms with Crippen molar-refractivity contribution in [2.75, 3.05) is 6.61 Å². The number of ether oxygens (including phenoxy) is 1. The van der Waals surface area contributed by atoms with Gasteiger partial charge in [0, 0.05) is 23.7 Å². The normalized spacial score (nSPS) is 31.1. The average Bonchev–Trinajstić information content (AvgIpc) is 3.09. The molecule has 2 aromatic rings. The molecular formula is C28H33FN2O4. The van der Waals surface area contributed by atoms with Crippen LogP contribution in [0.1, 0.15) is 39.8 Å². The predicted molar refractivity (Wildman–Crippen MR) is 131 cm³/mol. The number of aromatic nitrogens is 1. The van der Waals surface area contributed by atoms with Gasteiger partial charge in [-0.3, -0.25) is 14.6 Å². The highest BCUT2D eigenvalue weighted by molar-refractivity contribution is 6.04. The van der Waals surface area contributed by atoms with Gasteiger partial charge in [0.05, 0.1) is 12.3 Å². The highest BCUT2D eigenvalue weighted by Crippen LogP contribution is 2.56. The third-order valence-electron chi connectivity index (χ3n) is 7.79. The Morgan fingerprint density at radius 1 is 1.29 bits per heavy atom. The number of cyclic esters (lactones) is 1. The van der Waals surface area contributed by atoms with E-state index in [1.54, 1.807) is 19.2 Å². The van der Waals surface area contributed by atoms with Crippen LogP contribution in [0.15, 0.2) is 48.7 Å². The van der Waals surface area contributed by atoms with Crippen molar-refractivity contribution in [3.63, 3.8) is 0 Å². The van der Waals surface area contributed by atoms with Crippen LogP contribution < -0.4 is 5.32 Å². The number of esters is 1. The van der Waals surface area contributed by atoms with Gasteiger partial charge in [-0.15, -0.1) is 0 Å². The van der Waals surface area contributed by atoms with Crippen molar-refractivity contribution in [2.45, 2.75) is 46.3 Å². The van der Waals surface area contributed by atoms with Crippen molar-refractivity contribution in [1.29, 1.82) is 0 Å². The molecule has 1 aliphatic carbocycles. The molecule has 2 fully saturated rings. The van der Waals surface area contributed by atoms with Crippen molar-refractivity contribution in [1.82, 2.24) is 10.3 Å². The highest BCUT2D eigenvalue weighted by atomic mass is 19.1. The third-order valence-corrected chi connectivity index (χ3v) is 7.79. The summed E-state index contributed by atoms with van der Waals surface area (Å²) in [6, 6.07) is 9.69. The first-order valence-electron chi connectivity index (χ1n) is 12.2. The van der Waals surface area contributed by atoms with Gasteiger partial charge in [-0.05, 0) is 67.9 Å². The van der Waals surface area contributed by atoms with E-state index in [-0.39, 0.29) is 42.0 Å². The van der Waals surface area contributed by atoms with Gasteiger partial charge in [0.2, 0.25) is 5.91 Å². The lowest BCUT2D eigenvalue weighted by Gasteiger charge is -2.46. The largest absolute Gasteiger partial charge is 0.461 e. The maximum absolute atomic E-state index is 13.6. The Kier molecular flexibility index (Phi) is 7.08. The maximum Gasteiger partial charge on any atom is 0.322 e. The second kappa shape index (κ2) is 9.90. The summed E-state index contributed by atoms with van der Waals surface area (Å²) in [6.07, 6.45) is 5.68. The van der Waals surface area contributed by atoms with Gasteiger partial charge in [0.1, 0.15) is 11.9 Å². The number of pyridine rings is 1. The summed E-state index contributed by atoms with van der Waals surface area (Å²) < 4.78 is 19.2. The third kappa shape index (κ3) is 4.61. The lowest BCUT2D eigenvalue weighted by Crippen LogP contribution is -2.57. The minimum Gasteiger partial charge on any atom is -0.461 e. The molecule has 7 heteroatoms. The number of rotatable bonds is 6. The molecule has 0 spiro atoms. The van der Waals surface area contributed by atoms with Crippen LogP contribution in [0.2, 0.25) is 0 Å². The van der Waals surface area contributed by atoms with Crippen LogP contribution in [0.3, 0.4) is 0 Å². The molecule has 1 aromatic heterocycles. The van der Waals surface area contributed by atoms with Crippen LogP contribution in [0.5, 0.6) is 0 Å². The molecule has 5 unspecified atom stereocenters. The number of hydrogen-bond donors (Lipinski definition) is 2. The van der Waals surface area contributed by atoms with Gasteiger partial charge in [0.25, 0.3) is 0 Å². The van der Waals surface area contributed by atoms with Gasteiger partial charge in [-0.25, -0.2) is 4.39 Å². The number of nitrogens with one attached hydrogen (secondary N) is 1. The van der Waals surface area contributed by atoms with Crippen LogP contribution in [-0.4, -0.2) is 40.7 Å². The zero-order valence-electron chi connectivity index (χ0n) is 20.6. The van der Waals surface area contributed by atoms with Crippen molar-refractivity contribution >= 4 is 18.0 Å². The van der Waals surface area contributed by atoms with Crippen molar-refractivity contribution in [2.24, 2.45) is 29.1 Å². The van der Waals surface area contributed by atoms with Crippen LogP contribution in [0.4, 0.5) is 4.39 Å². The molecule has 1 saturated carbocycles. The summed E-state index contributed by atoms with van der Waals surface area (Å²) >= 11 is 0. The zero-order valence-corrected chi connectivity index (χ0v) is 20.6. The molecule has 1 amide bonds. The van der Waals surface area contributed by atoms with Crippen LogP contribution in [0.25, 0.3) is 17.2 Å². The number of halogens is 1. The molecule has 6 nitrogen and oxygen atoms in total. The lowest BCUT2D eigenvalue weighted by atomic mass is 9.54. The minimum absolute atomic E-state index is 0.0833. The molecule has 1 saturated heterocycles. The van der Waals surface area contributed by atoms with Crippen molar-refractivity contribution < 1.29 is 23.8 Å². The van der Waals surface area contributed by atoms with E-state index in [1.165, 1.54) is 12.1 Å². The van der Waals surface area contributed by atoms with Gasteiger partial charge in [-0.1, -0.05) is 38.1 Å². The molecule has 2 aliphatic rings. The Morgan fingerprint density at radius 3 is 2.71 bits per heavy atom. The van der Waals surface area contributed by atoms with E-state index in [4.69, 9.17) is 4.74 Å². The van der Waals surface area contributed by atoms with E-state index in [0.29, 0.717) is 6.42 Å². The number of nitrogens with zero attached hydrogens (tertiary/aromatic N) is 1. The lowest BCUT2D eigenvalue weighted by molar-refractivity contribution is -0.157. The van der Waals surface area contributed by atoms with E-state index in [2.05, 4.69) is 24.1 Å². The number of amides is 1. The molecule has 2 heterocycles.